The summed E-state index contributed by atoms with van der Waals surface area (Å²) < 4.78 is 33.0. The van der Waals surface area contributed by atoms with Gasteiger partial charge >= 0.3 is 0 Å². The maximum atomic E-state index is 13.0. The number of halogens is 1. The van der Waals surface area contributed by atoms with Crippen LogP contribution in [0.1, 0.15) is 31.7 Å². The molecule has 1 aromatic carbocycles. The predicted octanol–water partition coefficient (Wildman–Crippen LogP) is 2.10. The van der Waals surface area contributed by atoms with E-state index in [1.54, 1.807) is 0 Å². The minimum atomic E-state index is -3.76. The van der Waals surface area contributed by atoms with Crippen LogP contribution in [0.3, 0.4) is 0 Å². The van der Waals surface area contributed by atoms with E-state index in [9.17, 15) is 18.5 Å². The van der Waals surface area contributed by atoms with Crippen molar-refractivity contribution in [1.29, 1.82) is 0 Å². The molecule has 0 aliphatic carbocycles. The summed E-state index contributed by atoms with van der Waals surface area (Å²) in [5, 5.41) is 11.0. The monoisotopic (exact) mass is 407 g/mol. The van der Waals surface area contributed by atoms with Crippen molar-refractivity contribution >= 4 is 28.1 Å². The molecule has 0 unspecified atom stereocenters. The molecule has 1 aromatic rings. The Morgan fingerprint density at radius 1 is 1.35 bits per heavy atom. The van der Waals surface area contributed by atoms with E-state index in [2.05, 4.69) is 0 Å². The topological polar surface area (TPSA) is 116 Å². The molecule has 0 aromatic heterocycles. The first kappa shape index (κ1) is 22.8. The average Bonchev–Trinajstić information content (AvgIpc) is 2.61. The van der Waals surface area contributed by atoms with Gasteiger partial charge in [-0.05, 0) is 37.8 Å². The van der Waals surface area contributed by atoms with Gasteiger partial charge in [-0.1, -0.05) is 13.0 Å². The number of nitro groups is 1. The van der Waals surface area contributed by atoms with Gasteiger partial charge in [-0.15, -0.1) is 12.4 Å². The van der Waals surface area contributed by atoms with E-state index < -0.39 is 14.9 Å². The van der Waals surface area contributed by atoms with Gasteiger partial charge in [0.25, 0.3) is 5.69 Å². The summed E-state index contributed by atoms with van der Waals surface area (Å²) in [5.41, 5.74) is 5.81. The molecule has 0 amide bonds. The highest BCUT2D eigenvalue weighted by Crippen LogP contribution is 2.28. The van der Waals surface area contributed by atoms with Gasteiger partial charge in [-0.25, -0.2) is 8.42 Å². The number of hydrogen-bond acceptors (Lipinski definition) is 6. The number of hydrogen-bond donors (Lipinski definition) is 1. The summed E-state index contributed by atoms with van der Waals surface area (Å²) >= 11 is 0. The Balaban J connectivity index is 0.00000338. The maximum Gasteiger partial charge on any atom is 0.270 e. The number of nitrogens with two attached hydrogens (primary N) is 1. The zero-order valence-corrected chi connectivity index (χ0v) is 16.4. The van der Waals surface area contributed by atoms with Crippen LogP contribution in [-0.2, 0) is 21.2 Å². The first-order chi connectivity index (χ1) is 11.9. The minimum Gasteiger partial charge on any atom is -0.378 e. The summed E-state index contributed by atoms with van der Waals surface area (Å²) in [6.45, 7) is 3.68. The second-order valence-corrected chi connectivity index (χ2v) is 7.93. The van der Waals surface area contributed by atoms with E-state index in [1.807, 2.05) is 6.92 Å². The summed E-state index contributed by atoms with van der Waals surface area (Å²) in [4.78, 5) is 10.5. The van der Waals surface area contributed by atoms with Gasteiger partial charge in [-0.2, -0.15) is 4.31 Å². The maximum absolute atomic E-state index is 13.0. The second kappa shape index (κ2) is 10.2. The lowest BCUT2D eigenvalue weighted by Crippen LogP contribution is -2.41. The predicted molar refractivity (Wildman–Crippen MR) is 101 cm³/mol. The fraction of sp³-hybridized carbons (Fsp3) is 0.625. The van der Waals surface area contributed by atoms with Gasteiger partial charge in [0.05, 0.1) is 15.9 Å². The first-order valence-electron chi connectivity index (χ1n) is 8.49. The molecule has 0 radical (unpaired) electrons. The van der Waals surface area contributed by atoms with Gasteiger partial charge in [0.15, 0.2) is 0 Å². The average molecular weight is 408 g/mol. The SMILES string of the molecule is CCc1ccc([N+](=O)[O-])cc1S(=O)(=O)N1CCC(OCCCN)CC1.Cl. The van der Waals surface area contributed by atoms with Crippen LogP contribution in [0.25, 0.3) is 0 Å². The molecule has 0 bridgehead atoms. The highest BCUT2D eigenvalue weighted by Gasteiger charge is 2.32. The number of piperidine rings is 1. The molecule has 0 atom stereocenters. The molecule has 2 N–H and O–H groups in total. The Bertz CT molecular complexity index is 706. The quantitative estimate of drug-likeness (QED) is 0.400. The fourth-order valence-corrected chi connectivity index (χ4v) is 4.68. The normalized spacial score (nSPS) is 16.2. The van der Waals surface area contributed by atoms with E-state index >= 15 is 0 Å². The zero-order chi connectivity index (χ0) is 18.4. The molecule has 1 aliphatic rings. The molecule has 26 heavy (non-hydrogen) atoms. The largest absolute Gasteiger partial charge is 0.378 e. The summed E-state index contributed by atoms with van der Waals surface area (Å²) in [6, 6.07) is 4.03. The number of nitrogens with zero attached hydrogens (tertiary/aromatic N) is 2. The van der Waals surface area contributed by atoms with Crippen molar-refractivity contribution in [2.75, 3.05) is 26.2 Å². The van der Waals surface area contributed by atoms with Gasteiger partial charge in [0.2, 0.25) is 10.0 Å². The summed E-state index contributed by atoms with van der Waals surface area (Å²) in [7, 11) is -3.76. The van der Waals surface area contributed by atoms with E-state index in [1.165, 1.54) is 16.4 Å². The minimum absolute atomic E-state index is 0. The van der Waals surface area contributed by atoms with E-state index in [-0.39, 0.29) is 29.1 Å². The number of nitro benzene ring substituents is 1. The smallest absolute Gasteiger partial charge is 0.270 e. The van der Waals surface area contributed by atoms with E-state index in [4.69, 9.17) is 10.5 Å². The summed E-state index contributed by atoms with van der Waals surface area (Å²) in [6.07, 6.45) is 2.53. The Hall–Kier alpha value is -1.26. The molecule has 0 saturated carbocycles. The fourth-order valence-electron chi connectivity index (χ4n) is 2.90. The lowest BCUT2D eigenvalue weighted by atomic mass is 10.1. The number of sulfonamides is 1. The number of ether oxygens (including phenoxy) is 1. The summed E-state index contributed by atoms with van der Waals surface area (Å²) in [5.74, 6) is 0. The highest BCUT2D eigenvalue weighted by molar-refractivity contribution is 7.89. The Morgan fingerprint density at radius 2 is 2.00 bits per heavy atom. The lowest BCUT2D eigenvalue weighted by Gasteiger charge is -2.31. The van der Waals surface area contributed by atoms with Crippen LogP contribution in [-0.4, -0.2) is 50.0 Å². The van der Waals surface area contributed by atoms with Gasteiger partial charge in [0, 0.05) is 31.8 Å². The Labute approximate surface area is 160 Å². The molecule has 148 valence electrons. The molecule has 1 fully saturated rings. The molecule has 0 spiro atoms. The second-order valence-electron chi connectivity index (χ2n) is 6.02. The highest BCUT2D eigenvalue weighted by atomic mass is 35.5. The molecule has 1 heterocycles. The molecular weight excluding hydrogens is 382 g/mol. The van der Waals surface area contributed by atoms with Crippen molar-refractivity contribution in [3.63, 3.8) is 0 Å². The third-order valence-corrected chi connectivity index (χ3v) is 6.34. The standard InChI is InChI=1S/C16H25N3O5S.ClH/c1-2-13-4-5-14(19(20)21)12-16(13)25(22,23)18-9-6-15(7-10-18)24-11-3-8-17;/h4-5,12,15H,2-3,6-11,17H2,1H3;1H. The van der Waals surface area contributed by atoms with Crippen LogP contribution >= 0.6 is 12.4 Å². The third-order valence-electron chi connectivity index (χ3n) is 4.36. The van der Waals surface area contributed by atoms with Gasteiger partial charge in [0.1, 0.15) is 0 Å². The van der Waals surface area contributed by atoms with Crippen molar-refractivity contribution < 1.29 is 18.1 Å². The van der Waals surface area contributed by atoms with Crippen LogP contribution < -0.4 is 5.73 Å². The number of non-ortho nitro benzene ring substituents is 1. The van der Waals surface area contributed by atoms with Crippen LogP contribution in [0.4, 0.5) is 5.69 Å². The Morgan fingerprint density at radius 3 is 2.54 bits per heavy atom. The first-order valence-corrected chi connectivity index (χ1v) is 9.93. The number of benzene rings is 1. The molecule has 8 nitrogen and oxygen atoms in total. The van der Waals surface area contributed by atoms with Crippen molar-refractivity contribution in [3.05, 3.63) is 33.9 Å². The number of aryl methyl sites for hydroxylation is 1. The van der Waals surface area contributed by atoms with Crippen LogP contribution in [0, 0.1) is 10.1 Å². The zero-order valence-electron chi connectivity index (χ0n) is 14.8. The van der Waals surface area contributed by atoms with Crippen molar-refractivity contribution in [3.8, 4) is 0 Å². The molecule has 10 heteroatoms. The molecule has 1 aliphatic heterocycles. The molecular formula is C16H26ClN3O5S. The lowest BCUT2D eigenvalue weighted by molar-refractivity contribution is -0.385. The molecule has 1 saturated heterocycles. The van der Waals surface area contributed by atoms with Crippen LogP contribution in [0.5, 0.6) is 0 Å². The van der Waals surface area contributed by atoms with Crippen LogP contribution in [0.15, 0.2) is 23.1 Å². The van der Waals surface area contributed by atoms with Gasteiger partial charge < -0.3 is 10.5 Å². The Kier molecular flexibility index (Phi) is 8.91. The number of rotatable bonds is 8. The van der Waals surface area contributed by atoms with Crippen molar-refractivity contribution in [2.45, 2.75) is 43.6 Å². The van der Waals surface area contributed by atoms with Crippen molar-refractivity contribution in [2.24, 2.45) is 5.73 Å². The van der Waals surface area contributed by atoms with E-state index in [0.717, 1.165) is 12.5 Å². The van der Waals surface area contributed by atoms with Crippen LogP contribution in [0.2, 0.25) is 0 Å². The van der Waals surface area contributed by atoms with Gasteiger partial charge in [-0.3, -0.25) is 10.1 Å². The van der Waals surface area contributed by atoms with E-state index in [0.29, 0.717) is 51.1 Å². The molecule has 2 rings (SSSR count). The van der Waals surface area contributed by atoms with Crippen molar-refractivity contribution in [1.82, 2.24) is 4.31 Å². The third kappa shape index (κ3) is 5.37.